The third kappa shape index (κ3) is 4.92. The van der Waals surface area contributed by atoms with Gasteiger partial charge in [-0.15, -0.1) is 0 Å². The van der Waals surface area contributed by atoms with E-state index in [2.05, 4.69) is 75.2 Å². The highest BCUT2D eigenvalue weighted by molar-refractivity contribution is 5.86. The van der Waals surface area contributed by atoms with Gasteiger partial charge in [0.25, 0.3) is 5.56 Å². The van der Waals surface area contributed by atoms with Crippen LogP contribution < -0.4 is 10.9 Å². The minimum absolute atomic E-state index is 0.103. The summed E-state index contributed by atoms with van der Waals surface area (Å²) in [5.74, 6) is 0.261. The molecule has 0 atom stereocenters. The van der Waals surface area contributed by atoms with E-state index < -0.39 is 5.82 Å². The van der Waals surface area contributed by atoms with Crippen LogP contribution in [0, 0.1) is 5.82 Å². The molecule has 0 aliphatic carbocycles. The van der Waals surface area contributed by atoms with Crippen LogP contribution in [0.5, 0.6) is 0 Å². The molecule has 2 aromatic carbocycles. The summed E-state index contributed by atoms with van der Waals surface area (Å²) in [5.41, 5.74) is 4.24. The van der Waals surface area contributed by atoms with Gasteiger partial charge in [0.15, 0.2) is 0 Å². The molecule has 0 unspecified atom stereocenters. The van der Waals surface area contributed by atoms with Gasteiger partial charge in [0.05, 0.1) is 16.6 Å². The third-order valence-electron chi connectivity index (χ3n) is 6.69. The summed E-state index contributed by atoms with van der Waals surface area (Å²) in [6.07, 6.45) is 2.84. The van der Waals surface area contributed by atoms with Crippen molar-refractivity contribution in [1.82, 2.24) is 14.5 Å². The van der Waals surface area contributed by atoms with Gasteiger partial charge in [-0.2, -0.15) is 0 Å². The number of halogens is 1. The quantitative estimate of drug-likeness (QED) is 0.502. The lowest BCUT2D eigenvalue weighted by Gasteiger charge is -2.19. The standard InChI is InChI=1S/C28H35FN4O/c1-6-32(7-2)15-13-30-25-18-24-22(17-23(25)29)27(34)33-14-12-20(26(33)31-24)16-19-8-10-21(11-9-19)28(3,4)5/h8-11,16-18,30H,6-7,12-15H2,1-5H3/b20-16+. The molecule has 1 aliphatic rings. The SMILES string of the molecule is CCN(CC)CCNc1cc2nc3n(c(=O)c2cc1F)CC/C3=C\c1ccc(C(C)(C)C)cc1. The topological polar surface area (TPSA) is 50.2 Å². The predicted molar refractivity (Wildman–Crippen MR) is 140 cm³/mol. The molecular weight excluding hydrogens is 427 g/mol. The van der Waals surface area contributed by atoms with Crippen molar-refractivity contribution < 1.29 is 4.39 Å². The molecule has 0 radical (unpaired) electrons. The Morgan fingerprint density at radius 2 is 1.85 bits per heavy atom. The number of likely N-dealkylation sites (N-methyl/N-ethyl adjacent to an activating group) is 1. The van der Waals surface area contributed by atoms with Crippen molar-refractivity contribution in [3.05, 3.63) is 69.5 Å². The lowest BCUT2D eigenvalue weighted by Crippen LogP contribution is -2.28. The number of rotatable bonds is 7. The molecule has 0 saturated carbocycles. The number of nitrogens with zero attached hydrogens (tertiary/aromatic N) is 3. The fraction of sp³-hybridized carbons (Fsp3) is 0.429. The number of anilines is 1. The molecule has 1 N–H and O–H groups in total. The van der Waals surface area contributed by atoms with Crippen LogP contribution in [0.3, 0.4) is 0 Å². The van der Waals surface area contributed by atoms with E-state index in [0.29, 0.717) is 35.5 Å². The summed E-state index contributed by atoms with van der Waals surface area (Å²) >= 11 is 0. The van der Waals surface area contributed by atoms with Crippen molar-refractivity contribution in [1.29, 1.82) is 0 Å². The Hall–Kier alpha value is -2.99. The van der Waals surface area contributed by atoms with Crippen molar-refractivity contribution in [2.75, 3.05) is 31.5 Å². The van der Waals surface area contributed by atoms with Gasteiger partial charge in [0, 0.05) is 19.6 Å². The van der Waals surface area contributed by atoms with E-state index >= 15 is 0 Å². The highest BCUT2D eigenvalue weighted by atomic mass is 19.1. The summed E-state index contributed by atoms with van der Waals surface area (Å²) < 4.78 is 16.4. The number of aromatic nitrogens is 2. The number of nitrogens with one attached hydrogen (secondary N) is 1. The Morgan fingerprint density at radius 1 is 1.15 bits per heavy atom. The van der Waals surface area contributed by atoms with Crippen LogP contribution in [-0.4, -0.2) is 40.6 Å². The third-order valence-corrected chi connectivity index (χ3v) is 6.69. The largest absolute Gasteiger partial charge is 0.381 e. The van der Waals surface area contributed by atoms with E-state index in [1.807, 2.05) is 0 Å². The van der Waals surface area contributed by atoms with Gasteiger partial charge in [-0.3, -0.25) is 9.36 Å². The van der Waals surface area contributed by atoms with Crippen molar-refractivity contribution in [3.8, 4) is 0 Å². The second-order valence-electron chi connectivity index (χ2n) is 9.99. The molecule has 34 heavy (non-hydrogen) atoms. The van der Waals surface area contributed by atoms with Crippen LogP contribution in [0.25, 0.3) is 22.6 Å². The van der Waals surface area contributed by atoms with Gasteiger partial charge >= 0.3 is 0 Å². The molecular formula is C28H35FN4O. The molecule has 0 saturated heterocycles. The second kappa shape index (κ2) is 9.71. The molecule has 1 aromatic heterocycles. The van der Waals surface area contributed by atoms with Crippen LogP contribution in [0.1, 0.15) is 58.0 Å². The van der Waals surface area contributed by atoms with E-state index in [1.165, 1.54) is 11.6 Å². The van der Waals surface area contributed by atoms with Gasteiger partial charge in [-0.25, -0.2) is 9.37 Å². The van der Waals surface area contributed by atoms with E-state index in [0.717, 1.165) is 37.2 Å². The maximum atomic E-state index is 14.8. The molecule has 0 spiro atoms. The van der Waals surface area contributed by atoms with Gasteiger partial charge < -0.3 is 10.2 Å². The lowest BCUT2D eigenvalue weighted by atomic mass is 9.86. The number of hydrogen-bond donors (Lipinski definition) is 1. The number of allylic oxidation sites excluding steroid dienone is 1. The maximum absolute atomic E-state index is 14.8. The van der Waals surface area contributed by atoms with Crippen LogP contribution in [0.15, 0.2) is 41.2 Å². The molecule has 1 aliphatic heterocycles. The normalized spacial score (nSPS) is 14.9. The smallest absolute Gasteiger partial charge is 0.261 e. The Morgan fingerprint density at radius 3 is 2.50 bits per heavy atom. The van der Waals surface area contributed by atoms with Crippen molar-refractivity contribution >= 4 is 28.2 Å². The molecule has 2 heterocycles. The van der Waals surface area contributed by atoms with E-state index in [1.54, 1.807) is 10.6 Å². The number of benzene rings is 2. The summed E-state index contributed by atoms with van der Waals surface area (Å²) in [4.78, 5) is 20.2. The number of hydrogen-bond acceptors (Lipinski definition) is 4. The average molecular weight is 463 g/mol. The Kier molecular flexibility index (Phi) is 6.89. The van der Waals surface area contributed by atoms with Crippen molar-refractivity contribution in [2.24, 2.45) is 0 Å². The molecule has 5 nitrogen and oxygen atoms in total. The van der Waals surface area contributed by atoms with E-state index in [4.69, 9.17) is 4.98 Å². The van der Waals surface area contributed by atoms with E-state index in [9.17, 15) is 9.18 Å². The highest BCUT2D eigenvalue weighted by Crippen LogP contribution is 2.30. The first kappa shape index (κ1) is 24.1. The Labute approximate surface area is 201 Å². The minimum Gasteiger partial charge on any atom is -0.381 e. The second-order valence-corrected chi connectivity index (χ2v) is 9.99. The minimum atomic E-state index is -0.417. The van der Waals surface area contributed by atoms with Crippen LogP contribution in [0.4, 0.5) is 10.1 Å². The monoisotopic (exact) mass is 462 g/mol. The van der Waals surface area contributed by atoms with Crippen LogP contribution >= 0.6 is 0 Å². The van der Waals surface area contributed by atoms with Gasteiger partial charge in [0.1, 0.15) is 11.6 Å². The molecule has 0 fully saturated rings. The van der Waals surface area contributed by atoms with Gasteiger partial charge in [-0.05, 0) is 59.8 Å². The Bertz CT molecular complexity index is 1260. The number of fused-ring (bicyclic) bond motifs is 2. The van der Waals surface area contributed by atoms with Gasteiger partial charge in [-0.1, -0.05) is 58.9 Å². The summed E-state index contributed by atoms with van der Waals surface area (Å²) in [6.45, 7) is 14.8. The van der Waals surface area contributed by atoms with Crippen LogP contribution in [0.2, 0.25) is 0 Å². The van der Waals surface area contributed by atoms with E-state index in [-0.39, 0.29) is 11.0 Å². The van der Waals surface area contributed by atoms with Crippen LogP contribution in [-0.2, 0) is 12.0 Å². The molecule has 0 bridgehead atoms. The first-order valence-corrected chi connectivity index (χ1v) is 12.2. The first-order valence-electron chi connectivity index (χ1n) is 12.2. The first-order chi connectivity index (χ1) is 16.2. The maximum Gasteiger partial charge on any atom is 0.261 e. The molecule has 0 amide bonds. The van der Waals surface area contributed by atoms with Crippen molar-refractivity contribution in [3.63, 3.8) is 0 Å². The summed E-state index contributed by atoms with van der Waals surface area (Å²) in [6, 6.07) is 11.5. The fourth-order valence-electron chi connectivity index (χ4n) is 4.48. The highest BCUT2D eigenvalue weighted by Gasteiger charge is 2.22. The zero-order valence-electron chi connectivity index (χ0n) is 20.9. The fourth-order valence-corrected chi connectivity index (χ4v) is 4.48. The lowest BCUT2D eigenvalue weighted by molar-refractivity contribution is 0.316. The molecule has 3 aromatic rings. The average Bonchev–Trinajstić information content (AvgIpc) is 3.20. The van der Waals surface area contributed by atoms with Gasteiger partial charge in [0.2, 0.25) is 0 Å². The summed E-state index contributed by atoms with van der Waals surface area (Å²) in [7, 11) is 0. The molecule has 6 heteroatoms. The molecule has 4 rings (SSSR count). The zero-order chi connectivity index (χ0) is 24.5. The van der Waals surface area contributed by atoms with Crippen molar-refractivity contribution in [2.45, 2.75) is 53.0 Å². The summed E-state index contributed by atoms with van der Waals surface area (Å²) in [5, 5.41) is 3.50. The predicted octanol–water partition coefficient (Wildman–Crippen LogP) is 5.53. The Balaban J connectivity index is 1.65. The molecule has 180 valence electrons. The zero-order valence-corrected chi connectivity index (χ0v) is 20.9.